The van der Waals surface area contributed by atoms with Gasteiger partial charge in [-0.25, -0.2) is 4.99 Å². The van der Waals surface area contributed by atoms with Crippen molar-refractivity contribution >= 4 is 51.7 Å². The first-order valence-corrected chi connectivity index (χ1v) is 11.8. The van der Waals surface area contributed by atoms with Crippen molar-refractivity contribution in [2.75, 3.05) is 5.32 Å². The van der Waals surface area contributed by atoms with Gasteiger partial charge in [-0.3, -0.25) is 14.5 Å². The van der Waals surface area contributed by atoms with Gasteiger partial charge >= 0.3 is 5.57 Å². The summed E-state index contributed by atoms with van der Waals surface area (Å²) < 4.78 is 30.1. The van der Waals surface area contributed by atoms with Crippen LogP contribution in [0.3, 0.4) is 0 Å². The van der Waals surface area contributed by atoms with Crippen LogP contribution < -0.4 is 10.1 Å². The highest BCUT2D eigenvalue weighted by atomic mass is 35.5. The molecule has 0 spiro atoms. The van der Waals surface area contributed by atoms with Gasteiger partial charge in [-0.2, -0.15) is 0 Å². The lowest BCUT2D eigenvalue weighted by Gasteiger charge is -2.32. The Hall–Kier alpha value is -3.43. The van der Waals surface area contributed by atoms with Crippen molar-refractivity contribution in [2.24, 2.45) is 4.99 Å². The van der Waals surface area contributed by atoms with Gasteiger partial charge < -0.3 is 10.1 Å². The van der Waals surface area contributed by atoms with E-state index < -0.39 is 10.8 Å². The molecule has 4 rings (SSSR count). The summed E-state index contributed by atoms with van der Waals surface area (Å²) in [5.41, 5.74) is -1.91. The van der Waals surface area contributed by atoms with Crippen molar-refractivity contribution in [1.29, 1.82) is 0 Å². The van der Waals surface area contributed by atoms with Gasteiger partial charge in [0.1, 0.15) is 11.0 Å². The molecule has 3 aromatic carbocycles. The zero-order chi connectivity index (χ0) is 24.8. The Morgan fingerprint density at radius 2 is 1.69 bits per heavy atom. The topological polar surface area (TPSA) is 71.0 Å². The number of alkyl halides is 3. The Labute approximate surface area is 209 Å². The fourth-order valence-electron chi connectivity index (χ4n) is 3.34. The number of thioether (sulfide) groups is 1. The number of para-hydroxylation sites is 1. The number of ether oxygens (including phenoxy) is 1. The van der Waals surface area contributed by atoms with Crippen molar-refractivity contribution in [2.45, 2.75) is 23.8 Å². The summed E-state index contributed by atoms with van der Waals surface area (Å²) in [6, 6.07) is 23.9. The van der Waals surface area contributed by atoms with Crippen LogP contribution in [0.15, 0.2) is 89.9 Å². The number of amides is 2. The first-order chi connectivity index (χ1) is 16.8. The normalized spacial score (nSPS) is 17.3. The number of nitrogens with one attached hydrogen (secondary N) is 1. The molecule has 0 aliphatic carbocycles. The zero-order valence-electron chi connectivity index (χ0n) is 18.2. The zero-order valence-corrected chi connectivity index (χ0v) is 19.8. The van der Waals surface area contributed by atoms with E-state index >= 15 is 0 Å². The summed E-state index contributed by atoms with van der Waals surface area (Å²) in [5.74, 6) is -0.696. The second-order valence-corrected chi connectivity index (χ2v) is 9.18. The van der Waals surface area contributed by atoms with Crippen LogP contribution in [0.4, 0.5) is 20.2 Å². The Morgan fingerprint density at radius 3 is 2.31 bits per heavy atom. The Morgan fingerprint density at radius 1 is 1.06 bits per heavy atom. The molecule has 1 saturated heterocycles. The maximum atomic E-state index is 13.1. The van der Waals surface area contributed by atoms with Crippen LogP contribution in [0.25, 0.3) is 0 Å². The summed E-state index contributed by atoms with van der Waals surface area (Å²) in [7, 11) is 0. The number of hydrogen-bond donors (Lipinski definition) is 1. The van der Waals surface area contributed by atoms with Gasteiger partial charge in [0.05, 0.1) is 12.2 Å². The molecule has 0 aromatic heterocycles. The second kappa shape index (κ2) is 10.9. The number of amidine groups is 1. The molecule has 1 fully saturated rings. The monoisotopic (exact) mass is 515 g/mol. The van der Waals surface area contributed by atoms with Gasteiger partial charge in [0, 0.05) is 23.7 Å². The minimum atomic E-state index is -3.83. The summed E-state index contributed by atoms with van der Waals surface area (Å²) in [6.07, 6.45) is 0.00672. The van der Waals surface area contributed by atoms with E-state index in [1.807, 2.05) is 36.4 Å². The standard InChI is InChI=1S/C25H20ClF2N3O3S/c26-25(27,28)34-20-13-11-19(12-14-20)30-24-31(16-17-7-3-1-4-8-17)22(32)15-21(35-24)23(33)29-18-9-5-2-6-10-18/h1-14,21H,15-16H2,(H,29,33)/t21-/m0/s1. The third-order valence-corrected chi connectivity index (χ3v) is 6.22. The van der Waals surface area contributed by atoms with E-state index in [0.29, 0.717) is 16.5 Å². The van der Waals surface area contributed by atoms with Crippen molar-refractivity contribution in [1.82, 2.24) is 4.90 Å². The maximum Gasteiger partial charge on any atom is 0.487 e. The number of carbonyl (C=O) groups is 2. The molecule has 1 N–H and O–H groups in total. The number of hydrogen-bond acceptors (Lipinski definition) is 5. The molecule has 35 heavy (non-hydrogen) atoms. The van der Waals surface area contributed by atoms with E-state index in [9.17, 15) is 18.4 Å². The first kappa shape index (κ1) is 24.7. The van der Waals surface area contributed by atoms with Crippen LogP contribution in [-0.4, -0.2) is 32.7 Å². The van der Waals surface area contributed by atoms with Crippen LogP contribution in [0.5, 0.6) is 5.75 Å². The predicted molar refractivity (Wildman–Crippen MR) is 133 cm³/mol. The smallest absolute Gasteiger partial charge is 0.420 e. The molecule has 1 aliphatic rings. The number of halogens is 3. The van der Waals surface area contributed by atoms with Crippen molar-refractivity contribution < 1.29 is 23.1 Å². The molecule has 1 atom stereocenters. The lowest BCUT2D eigenvalue weighted by atomic mass is 10.2. The van der Waals surface area contributed by atoms with E-state index in [4.69, 9.17) is 11.6 Å². The molecule has 180 valence electrons. The van der Waals surface area contributed by atoms with Crippen molar-refractivity contribution in [3.05, 3.63) is 90.5 Å². The molecule has 3 aromatic rings. The SMILES string of the molecule is O=C(Nc1ccccc1)[C@@H]1CC(=O)N(Cc2ccccc2)C(=Nc2ccc(OC(F)(F)Cl)cc2)S1. The highest BCUT2D eigenvalue weighted by Gasteiger charge is 2.36. The number of nitrogens with zero attached hydrogens (tertiary/aromatic N) is 2. The van der Waals surface area contributed by atoms with Crippen LogP contribution >= 0.6 is 23.4 Å². The minimum absolute atomic E-state index is 0.00672. The highest BCUT2D eigenvalue weighted by Crippen LogP contribution is 2.32. The molecule has 0 saturated carbocycles. The minimum Gasteiger partial charge on any atom is -0.420 e. The average Bonchev–Trinajstić information content (AvgIpc) is 2.82. The molecule has 0 radical (unpaired) electrons. The lowest BCUT2D eigenvalue weighted by Crippen LogP contribution is -2.44. The average molecular weight is 516 g/mol. The van der Waals surface area contributed by atoms with E-state index in [1.165, 1.54) is 40.9 Å². The van der Waals surface area contributed by atoms with Crippen LogP contribution in [-0.2, 0) is 16.1 Å². The second-order valence-electron chi connectivity index (χ2n) is 7.57. The number of carbonyl (C=O) groups excluding carboxylic acids is 2. The number of anilines is 1. The molecular weight excluding hydrogens is 496 g/mol. The van der Waals surface area contributed by atoms with Gasteiger partial charge in [0.15, 0.2) is 5.17 Å². The summed E-state index contributed by atoms with van der Waals surface area (Å²) in [5, 5.41) is 2.46. The van der Waals surface area contributed by atoms with Gasteiger partial charge in [-0.05, 0) is 42.0 Å². The number of benzene rings is 3. The summed E-state index contributed by atoms with van der Waals surface area (Å²) >= 11 is 5.98. The van der Waals surface area contributed by atoms with E-state index in [0.717, 1.165) is 5.56 Å². The third-order valence-electron chi connectivity index (χ3n) is 4.95. The Kier molecular flexibility index (Phi) is 7.67. The Balaban J connectivity index is 1.58. The van der Waals surface area contributed by atoms with Gasteiger partial charge in [0.2, 0.25) is 11.8 Å². The predicted octanol–water partition coefficient (Wildman–Crippen LogP) is 6.02. The van der Waals surface area contributed by atoms with Crippen molar-refractivity contribution in [3.8, 4) is 5.75 Å². The van der Waals surface area contributed by atoms with Crippen LogP contribution in [0, 0.1) is 0 Å². The number of aliphatic imine (C=N–C) groups is 1. The van der Waals surface area contributed by atoms with E-state index in [1.54, 1.807) is 24.3 Å². The largest absolute Gasteiger partial charge is 0.487 e. The van der Waals surface area contributed by atoms with E-state index in [2.05, 4.69) is 15.0 Å². The highest BCUT2D eigenvalue weighted by molar-refractivity contribution is 8.15. The molecule has 1 aliphatic heterocycles. The molecule has 10 heteroatoms. The first-order valence-electron chi connectivity index (χ1n) is 10.6. The molecular formula is C25H20ClF2N3O3S. The maximum absolute atomic E-state index is 13.1. The van der Waals surface area contributed by atoms with Gasteiger partial charge in [-0.15, -0.1) is 8.78 Å². The quantitative estimate of drug-likeness (QED) is 0.391. The van der Waals surface area contributed by atoms with Gasteiger partial charge in [-0.1, -0.05) is 60.3 Å². The van der Waals surface area contributed by atoms with Crippen LogP contribution in [0.1, 0.15) is 12.0 Å². The fraction of sp³-hybridized carbons (Fsp3) is 0.160. The summed E-state index contributed by atoms with van der Waals surface area (Å²) in [4.78, 5) is 32.1. The Bertz CT molecular complexity index is 1210. The number of rotatable bonds is 7. The summed E-state index contributed by atoms with van der Waals surface area (Å²) in [6.45, 7) is 0.276. The van der Waals surface area contributed by atoms with Crippen molar-refractivity contribution in [3.63, 3.8) is 0 Å². The lowest BCUT2D eigenvalue weighted by molar-refractivity contribution is -0.129. The van der Waals surface area contributed by atoms with Crippen LogP contribution in [0.2, 0.25) is 0 Å². The fourth-order valence-corrected chi connectivity index (χ4v) is 4.53. The van der Waals surface area contributed by atoms with E-state index in [-0.39, 0.29) is 30.5 Å². The molecule has 6 nitrogen and oxygen atoms in total. The molecule has 2 amide bonds. The van der Waals surface area contributed by atoms with Gasteiger partial charge in [0.25, 0.3) is 0 Å². The third kappa shape index (κ3) is 7.03. The molecule has 0 bridgehead atoms. The molecule has 0 unspecified atom stereocenters. The molecule has 1 heterocycles.